The lowest BCUT2D eigenvalue weighted by Gasteiger charge is -2.07. The van der Waals surface area contributed by atoms with Crippen LogP contribution in [0.3, 0.4) is 0 Å². The summed E-state index contributed by atoms with van der Waals surface area (Å²) in [7, 11) is 0. The Morgan fingerprint density at radius 2 is 2.00 bits per heavy atom. The van der Waals surface area contributed by atoms with Gasteiger partial charge in [0.25, 0.3) is 0 Å². The van der Waals surface area contributed by atoms with E-state index < -0.39 is 6.61 Å². The van der Waals surface area contributed by atoms with Gasteiger partial charge in [-0.05, 0) is 37.3 Å². The van der Waals surface area contributed by atoms with Crippen LogP contribution < -0.4 is 15.9 Å². The van der Waals surface area contributed by atoms with Crippen molar-refractivity contribution in [2.45, 2.75) is 18.7 Å². The zero-order valence-corrected chi connectivity index (χ0v) is 15.6. The third-order valence-corrected chi connectivity index (χ3v) is 4.58. The summed E-state index contributed by atoms with van der Waals surface area (Å²) in [5.41, 5.74) is 2.36. The number of nitrogen functional groups attached to an aromatic ring is 1. The topological polar surface area (TPSA) is 95.1 Å². The molecular formula is C18H17F2N5O2S. The van der Waals surface area contributed by atoms with Gasteiger partial charge in [-0.2, -0.15) is 8.78 Å². The predicted molar refractivity (Wildman–Crippen MR) is 103 cm³/mol. The monoisotopic (exact) mass is 405 g/mol. The number of anilines is 1. The number of halogens is 2. The number of carbonyl (C=O) groups is 1. The van der Waals surface area contributed by atoms with Crippen molar-refractivity contribution in [2.75, 3.05) is 16.9 Å². The average molecular weight is 405 g/mol. The first-order chi connectivity index (χ1) is 13.4. The van der Waals surface area contributed by atoms with Gasteiger partial charge < -0.3 is 15.9 Å². The van der Waals surface area contributed by atoms with Crippen LogP contribution >= 0.6 is 11.8 Å². The minimum Gasteiger partial charge on any atom is -0.435 e. The van der Waals surface area contributed by atoms with Gasteiger partial charge in [0.1, 0.15) is 5.75 Å². The second-order valence-electron chi connectivity index (χ2n) is 5.79. The third kappa shape index (κ3) is 4.97. The average Bonchev–Trinajstić information content (AvgIpc) is 3.02. The number of alkyl halides is 2. The van der Waals surface area contributed by atoms with Crippen molar-refractivity contribution in [3.05, 3.63) is 54.1 Å². The first-order valence-electron chi connectivity index (χ1n) is 8.17. The molecule has 0 atom stereocenters. The van der Waals surface area contributed by atoms with Gasteiger partial charge in [-0.3, -0.25) is 4.79 Å². The van der Waals surface area contributed by atoms with Crippen LogP contribution in [0.1, 0.15) is 5.56 Å². The predicted octanol–water partition coefficient (Wildman–Crippen LogP) is 3.30. The molecule has 1 heterocycles. The number of nitrogens with one attached hydrogen (secondary N) is 1. The quantitative estimate of drug-likeness (QED) is 0.463. The van der Waals surface area contributed by atoms with Gasteiger partial charge in [0.05, 0.1) is 5.75 Å². The van der Waals surface area contributed by atoms with E-state index in [2.05, 4.69) is 20.3 Å². The lowest BCUT2D eigenvalue weighted by molar-refractivity contribution is -0.113. The number of aryl methyl sites for hydroxylation is 1. The van der Waals surface area contributed by atoms with Crippen LogP contribution in [0.5, 0.6) is 5.75 Å². The van der Waals surface area contributed by atoms with E-state index in [4.69, 9.17) is 5.84 Å². The highest BCUT2D eigenvalue weighted by molar-refractivity contribution is 7.99. The normalized spacial score (nSPS) is 10.9. The molecule has 0 aliphatic heterocycles. The van der Waals surface area contributed by atoms with Crippen LogP contribution in [0.2, 0.25) is 0 Å². The molecule has 0 bridgehead atoms. The zero-order chi connectivity index (χ0) is 20.1. The molecule has 3 N–H and O–H groups in total. The van der Waals surface area contributed by atoms with Gasteiger partial charge in [-0.25, -0.2) is 4.68 Å². The van der Waals surface area contributed by atoms with Crippen molar-refractivity contribution < 1.29 is 18.3 Å². The summed E-state index contributed by atoms with van der Waals surface area (Å²) >= 11 is 1.13. The SMILES string of the molecule is Cc1cccc(-c2nnc(SCC(=O)Nc3ccc(OC(F)F)cc3)n2N)c1. The van der Waals surface area contributed by atoms with Crippen LogP contribution in [-0.2, 0) is 4.79 Å². The summed E-state index contributed by atoms with van der Waals surface area (Å²) < 4.78 is 29.9. The number of benzene rings is 2. The molecule has 10 heteroatoms. The molecule has 0 unspecified atom stereocenters. The van der Waals surface area contributed by atoms with Gasteiger partial charge in [0.15, 0.2) is 5.82 Å². The number of hydrogen-bond donors (Lipinski definition) is 2. The summed E-state index contributed by atoms with van der Waals surface area (Å²) in [5, 5.41) is 11.2. The Bertz CT molecular complexity index is 963. The first kappa shape index (κ1) is 19.6. The van der Waals surface area contributed by atoms with E-state index in [1.807, 2.05) is 31.2 Å². The Hall–Kier alpha value is -3.14. The van der Waals surface area contributed by atoms with E-state index in [9.17, 15) is 13.6 Å². The van der Waals surface area contributed by atoms with Gasteiger partial charge >= 0.3 is 6.61 Å². The fourth-order valence-corrected chi connectivity index (χ4v) is 3.06. The second kappa shape index (κ2) is 8.70. The standard InChI is InChI=1S/C18H17F2N5O2S/c1-11-3-2-4-12(9-11)16-23-24-18(25(16)21)28-10-15(26)22-13-5-7-14(8-6-13)27-17(19)20/h2-9,17H,10,21H2,1H3,(H,22,26). The molecule has 2 aromatic carbocycles. The number of carbonyl (C=O) groups excluding carboxylic acids is 1. The number of thioether (sulfide) groups is 1. The molecule has 0 aliphatic carbocycles. The van der Waals surface area contributed by atoms with Crippen molar-refractivity contribution in [2.24, 2.45) is 0 Å². The van der Waals surface area contributed by atoms with E-state index >= 15 is 0 Å². The Morgan fingerprint density at radius 3 is 2.68 bits per heavy atom. The first-order valence-corrected chi connectivity index (χ1v) is 9.16. The van der Waals surface area contributed by atoms with Crippen LogP contribution in [0.25, 0.3) is 11.4 Å². The van der Waals surface area contributed by atoms with Crippen LogP contribution in [0.15, 0.2) is 53.7 Å². The number of nitrogens with two attached hydrogens (primary N) is 1. The molecule has 0 fully saturated rings. The van der Waals surface area contributed by atoms with Crippen molar-refractivity contribution in [3.63, 3.8) is 0 Å². The molecule has 0 saturated carbocycles. The molecule has 7 nitrogen and oxygen atoms in total. The number of hydrogen-bond acceptors (Lipinski definition) is 6. The largest absolute Gasteiger partial charge is 0.435 e. The highest BCUT2D eigenvalue weighted by atomic mass is 32.2. The minimum absolute atomic E-state index is 0.0160. The van der Waals surface area contributed by atoms with Crippen LogP contribution in [0, 0.1) is 6.92 Å². The van der Waals surface area contributed by atoms with E-state index in [1.165, 1.54) is 28.9 Å². The van der Waals surface area contributed by atoms with Crippen molar-refractivity contribution in [3.8, 4) is 17.1 Å². The van der Waals surface area contributed by atoms with Gasteiger partial charge in [-0.1, -0.05) is 35.5 Å². The van der Waals surface area contributed by atoms with E-state index in [-0.39, 0.29) is 17.4 Å². The maximum atomic E-state index is 12.1. The molecule has 1 aromatic heterocycles. The smallest absolute Gasteiger partial charge is 0.387 e. The minimum atomic E-state index is -2.89. The number of aromatic nitrogens is 3. The molecular weight excluding hydrogens is 388 g/mol. The Labute approximate surface area is 163 Å². The molecule has 28 heavy (non-hydrogen) atoms. The van der Waals surface area contributed by atoms with Crippen molar-refractivity contribution in [1.82, 2.24) is 14.9 Å². The molecule has 146 valence electrons. The second-order valence-corrected chi connectivity index (χ2v) is 6.73. The summed E-state index contributed by atoms with van der Waals surface area (Å²) in [6.07, 6.45) is 0. The van der Waals surface area contributed by atoms with E-state index in [0.717, 1.165) is 22.9 Å². The van der Waals surface area contributed by atoms with Crippen molar-refractivity contribution >= 4 is 23.4 Å². The van der Waals surface area contributed by atoms with Gasteiger partial charge in [-0.15, -0.1) is 10.2 Å². The number of nitrogens with zero attached hydrogens (tertiary/aromatic N) is 3. The van der Waals surface area contributed by atoms with Gasteiger partial charge in [0, 0.05) is 11.3 Å². The molecule has 3 aromatic rings. The number of rotatable bonds is 7. The fraction of sp³-hybridized carbons (Fsp3) is 0.167. The van der Waals surface area contributed by atoms with Gasteiger partial charge in [0.2, 0.25) is 11.1 Å². The molecule has 3 rings (SSSR count). The van der Waals surface area contributed by atoms with E-state index in [0.29, 0.717) is 16.7 Å². The van der Waals surface area contributed by atoms with Crippen LogP contribution in [-0.4, -0.2) is 33.1 Å². The lowest BCUT2D eigenvalue weighted by atomic mass is 10.1. The molecule has 0 radical (unpaired) electrons. The summed E-state index contributed by atoms with van der Waals surface area (Å²) in [4.78, 5) is 12.1. The third-order valence-electron chi connectivity index (χ3n) is 3.64. The summed E-state index contributed by atoms with van der Waals surface area (Å²) in [6.45, 7) is -0.928. The lowest BCUT2D eigenvalue weighted by Crippen LogP contribution is -2.16. The zero-order valence-electron chi connectivity index (χ0n) is 14.8. The highest BCUT2D eigenvalue weighted by Crippen LogP contribution is 2.23. The van der Waals surface area contributed by atoms with E-state index in [1.54, 1.807) is 0 Å². The molecule has 0 spiro atoms. The molecule has 0 aliphatic rings. The summed E-state index contributed by atoms with van der Waals surface area (Å²) in [5.74, 6) is 6.32. The van der Waals surface area contributed by atoms with Crippen molar-refractivity contribution in [1.29, 1.82) is 0 Å². The maximum Gasteiger partial charge on any atom is 0.387 e. The Morgan fingerprint density at radius 1 is 1.25 bits per heavy atom. The number of amides is 1. The summed E-state index contributed by atoms with van der Waals surface area (Å²) in [6, 6.07) is 13.3. The Balaban J connectivity index is 1.58. The van der Waals surface area contributed by atoms with Crippen LogP contribution in [0.4, 0.5) is 14.5 Å². The maximum absolute atomic E-state index is 12.1. The highest BCUT2D eigenvalue weighted by Gasteiger charge is 2.14. The fourth-order valence-electron chi connectivity index (χ4n) is 2.40. The Kier molecular flexibility index (Phi) is 6.09. The molecule has 1 amide bonds. The molecule has 0 saturated heterocycles. The number of ether oxygens (including phenoxy) is 1.